The highest BCUT2D eigenvalue weighted by Crippen LogP contribution is 2.39. The molecule has 0 aliphatic rings. The van der Waals surface area contributed by atoms with Crippen molar-refractivity contribution in [2.24, 2.45) is 7.05 Å². The van der Waals surface area contributed by atoms with Crippen LogP contribution in [0, 0.1) is 20.8 Å². The number of nitrogens with zero attached hydrogens (tertiary/aromatic N) is 3. The Kier molecular flexibility index (Phi) is 3.44. The smallest absolute Gasteiger partial charge is 0.375 e. The van der Waals surface area contributed by atoms with Crippen molar-refractivity contribution in [3.63, 3.8) is 0 Å². The number of rotatable bonds is 2. The van der Waals surface area contributed by atoms with Gasteiger partial charge in [-0.2, -0.15) is 18.3 Å². The van der Waals surface area contributed by atoms with Gasteiger partial charge in [-0.15, -0.1) is 0 Å². The average molecular weight is 301 g/mol. The summed E-state index contributed by atoms with van der Waals surface area (Å²) in [6, 6.07) is 3.21. The van der Waals surface area contributed by atoms with Gasteiger partial charge in [-0.05, 0) is 39.3 Å². The predicted octanol–water partition coefficient (Wildman–Crippen LogP) is 2.91. The maximum atomic E-state index is 13.0. The molecule has 0 aliphatic carbocycles. The number of hydrogen-bond donors (Lipinski definition) is 1. The molecule has 0 spiro atoms. The van der Waals surface area contributed by atoms with Gasteiger partial charge in [-0.25, -0.2) is 0 Å². The van der Waals surface area contributed by atoms with Crippen LogP contribution in [-0.2, 0) is 12.6 Å². The Morgan fingerprint density at radius 1 is 1.14 bits per heavy atom. The summed E-state index contributed by atoms with van der Waals surface area (Å²) in [4.78, 5) is 0. The summed E-state index contributed by atoms with van der Waals surface area (Å²) in [5, 5.41) is 13.9. The molecule has 0 saturated heterocycles. The van der Waals surface area contributed by atoms with E-state index in [9.17, 15) is 18.3 Å². The lowest BCUT2D eigenvalue weighted by atomic mass is 10.0. The van der Waals surface area contributed by atoms with Crippen molar-refractivity contribution in [1.29, 1.82) is 0 Å². The van der Waals surface area contributed by atoms with Gasteiger partial charge in [-0.1, -0.05) is 0 Å². The van der Waals surface area contributed by atoms with E-state index in [1.807, 2.05) is 26.8 Å². The van der Waals surface area contributed by atoms with Crippen LogP contribution in [0.5, 0.6) is 0 Å². The fraction of sp³-hybridized carbons (Fsp3) is 0.500. The van der Waals surface area contributed by atoms with E-state index >= 15 is 0 Å². The first-order valence-corrected chi connectivity index (χ1v) is 6.46. The van der Waals surface area contributed by atoms with Gasteiger partial charge < -0.3 is 9.67 Å². The zero-order chi connectivity index (χ0) is 16.2. The SMILES string of the molecule is Cc1cc(C)n(-c2cc(C(C)(O)C(F)(F)F)n(C)n2)c1C. The van der Waals surface area contributed by atoms with E-state index < -0.39 is 11.8 Å². The van der Waals surface area contributed by atoms with Crippen LogP contribution in [0.25, 0.3) is 5.82 Å². The summed E-state index contributed by atoms with van der Waals surface area (Å²) < 4.78 is 41.8. The standard InChI is InChI=1S/C14H18F3N3O/c1-8-6-9(2)20(10(8)3)12-7-11(19(5)18-12)13(4,21)14(15,16)17/h6-7,21H,1-5H3. The van der Waals surface area contributed by atoms with Crippen LogP contribution in [0.3, 0.4) is 0 Å². The van der Waals surface area contributed by atoms with E-state index in [0.717, 1.165) is 28.6 Å². The monoisotopic (exact) mass is 301 g/mol. The Bertz CT molecular complexity index is 680. The highest BCUT2D eigenvalue weighted by molar-refractivity contribution is 5.38. The topological polar surface area (TPSA) is 43.0 Å². The zero-order valence-corrected chi connectivity index (χ0v) is 12.6. The van der Waals surface area contributed by atoms with Gasteiger partial charge in [0.1, 0.15) is 0 Å². The molecule has 0 bridgehead atoms. The van der Waals surface area contributed by atoms with Crippen LogP contribution in [-0.4, -0.2) is 25.6 Å². The van der Waals surface area contributed by atoms with E-state index in [1.54, 1.807) is 4.57 Å². The van der Waals surface area contributed by atoms with Crippen LogP contribution in [0.15, 0.2) is 12.1 Å². The first-order chi connectivity index (χ1) is 9.46. The summed E-state index contributed by atoms with van der Waals surface area (Å²) in [7, 11) is 1.39. The molecule has 2 aromatic rings. The third-order valence-electron chi connectivity index (χ3n) is 3.83. The molecule has 2 aromatic heterocycles. The third kappa shape index (κ3) is 2.35. The fourth-order valence-corrected chi connectivity index (χ4v) is 2.44. The molecule has 21 heavy (non-hydrogen) atoms. The van der Waals surface area contributed by atoms with Gasteiger partial charge in [0.15, 0.2) is 11.4 Å². The maximum absolute atomic E-state index is 13.0. The normalized spacial score (nSPS) is 15.3. The largest absolute Gasteiger partial charge is 0.422 e. The molecule has 4 nitrogen and oxygen atoms in total. The Hall–Kier alpha value is -1.76. The molecule has 0 aromatic carbocycles. The van der Waals surface area contributed by atoms with Gasteiger partial charge >= 0.3 is 6.18 Å². The number of halogens is 3. The first-order valence-electron chi connectivity index (χ1n) is 6.46. The minimum atomic E-state index is -4.77. The summed E-state index contributed by atoms with van der Waals surface area (Å²) in [6.45, 7) is 6.39. The summed E-state index contributed by atoms with van der Waals surface area (Å²) >= 11 is 0. The second kappa shape index (κ2) is 4.62. The molecule has 0 fully saturated rings. The van der Waals surface area contributed by atoms with Gasteiger partial charge in [0.05, 0.1) is 5.69 Å². The van der Waals surface area contributed by atoms with E-state index in [0.29, 0.717) is 5.82 Å². The molecule has 2 heterocycles. The first kappa shape index (κ1) is 15.6. The lowest BCUT2D eigenvalue weighted by Gasteiger charge is -2.25. The van der Waals surface area contributed by atoms with Gasteiger partial charge in [0.2, 0.25) is 0 Å². The summed E-state index contributed by atoms with van der Waals surface area (Å²) in [5.74, 6) is 0.361. The summed E-state index contributed by atoms with van der Waals surface area (Å²) in [6.07, 6.45) is -4.77. The zero-order valence-electron chi connectivity index (χ0n) is 12.6. The Morgan fingerprint density at radius 2 is 1.71 bits per heavy atom. The molecule has 1 atom stereocenters. The Morgan fingerprint density at radius 3 is 2.14 bits per heavy atom. The number of aliphatic hydroxyl groups is 1. The molecular weight excluding hydrogens is 283 g/mol. The van der Waals surface area contributed by atoms with E-state index in [4.69, 9.17) is 0 Å². The molecule has 1 N–H and O–H groups in total. The Balaban J connectivity index is 2.60. The minimum Gasteiger partial charge on any atom is -0.375 e. The van der Waals surface area contributed by atoms with E-state index in [1.165, 1.54) is 13.1 Å². The number of hydrogen-bond acceptors (Lipinski definition) is 2. The van der Waals surface area contributed by atoms with Gasteiger partial charge in [-0.3, -0.25) is 4.68 Å². The van der Waals surface area contributed by atoms with Crippen LogP contribution < -0.4 is 0 Å². The highest BCUT2D eigenvalue weighted by Gasteiger charge is 2.53. The fourth-order valence-electron chi connectivity index (χ4n) is 2.44. The van der Waals surface area contributed by atoms with Gasteiger partial charge in [0.25, 0.3) is 0 Å². The molecule has 2 rings (SSSR count). The van der Waals surface area contributed by atoms with Crippen molar-refractivity contribution in [3.8, 4) is 5.82 Å². The van der Waals surface area contributed by atoms with E-state index in [-0.39, 0.29) is 5.69 Å². The van der Waals surface area contributed by atoms with Crippen molar-refractivity contribution < 1.29 is 18.3 Å². The molecule has 116 valence electrons. The van der Waals surface area contributed by atoms with Crippen molar-refractivity contribution in [3.05, 3.63) is 34.8 Å². The van der Waals surface area contributed by atoms with Crippen LogP contribution >= 0.6 is 0 Å². The van der Waals surface area contributed by atoms with Crippen molar-refractivity contribution in [2.75, 3.05) is 0 Å². The lowest BCUT2D eigenvalue weighted by molar-refractivity contribution is -0.261. The second-order valence-electron chi connectivity index (χ2n) is 5.47. The Labute approximate surface area is 120 Å². The van der Waals surface area contributed by atoms with Crippen molar-refractivity contribution in [2.45, 2.75) is 39.5 Å². The number of alkyl halides is 3. The quantitative estimate of drug-likeness (QED) is 0.927. The second-order valence-corrected chi connectivity index (χ2v) is 5.47. The van der Waals surface area contributed by atoms with Gasteiger partial charge in [0, 0.05) is 24.5 Å². The van der Waals surface area contributed by atoms with Crippen LogP contribution in [0.1, 0.15) is 29.6 Å². The lowest BCUT2D eigenvalue weighted by Crippen LogP contribution is -2.40. The molecule has 0 radical (unpaired) electrons. The molecule has 0 saturated carbocycles. The summed E-state index contributed by atoms with van der Waals surface area (Å²) in [5.41, 5.74) is -0.431. The molecule has 0 aliphatic heterocycles. The molecule has 0 amide bonds. The third-order valence-corrected chi connectivity index (χ3v) is 3.83. The van der Waals surface area contributed by atoms with Crippen molar-refractivity contribution >= 4 is 0 Å². The molecule has 1 unspecified atom stereocenters. The highest BCUT2D eigenvalue weighted by atomic mass is 19.4. The minimum absolute atomic E-state index is 0.296. The van der Waals surface area contributed by atoms with Crippen molar-refractivity contribution in [1.82, 2.24) is 14.3 Å². The van der Waals surface area contributed by atoms with Crippen LogP contribution in [0.4, 0.5) is 13.2 Å². The maximum Gasteiger partial charge on any atom is 0.422 e. The number of aryl methyl sites for hydroxylation is 3. The number of aromatic nitrogens is 3. The van der Waals surface area contributed by atoms with Crippen LogP contribution in [0.2, 0.25) is 0 Å². The van der Waals surface area contributed by atoms with E-state index in [2.05, 4.69) is 5.10 Å². The molecular formula is C14H18F3N3O. The predicted molar refractivity (Wildman–Crippen MR) is 72.4 cm³/mol. The molecule has 7 heteroatoms. The average Bonchev–Trinajstić information content (AvgIpc) is 2.80.